The Morgan fingerprint density at radius 3 is 2.64 bits per heavy atom. The van der Waals surface area contributed by atoms with Crippen molar-refractivity contribution in [1.82, 2.24) is 34.9 Å². The molecule has 6 rings (SSSR count). The molecule has 0 spiro atoms. The maximum atomic E-state index is 12.8. The summed E-state index contributed by atoms with van der Waals surface area (Å²) in [5.41, 5.74) is 19.3. The van der Waals surface area contributed by atoms with Gasteiger partial charge in [-0.25, -0.2) is 14.6 Å². The number of carbonyl (C=O) groups excluding carboxylic acids is 2. The van der Waals surface area contributed by atoms with E-state index in [2.05, 4.69) is 38.5 Å². The van der Waals surface area contributed by atoms with Crippen molar-refractivity contribution in [3.05, 3.63) is 71.1 Å². The van der Waals surface area contributed by atoms with Crippen LogP contribution in [0.2, 0.25) is 0 Å². The number of allylic oxidation sites excluding steroid dienone is 2. The van der Waals surface area contributed by atoms with Gasteiger partial charge in [0.15, 0.2) is 17.5 Å². The zero-order valence-corrected chi connectivity index (χ0v) is 28.2. The predicted octanol–water partition coefficient (Wildman–Crippen LogP) is 3.16. The fraction of sp³-hybridized carbons (Fsp3) is 0.343. The minimum Gasteiger partial charge on any atom is -0.424 e. The third-order valence-electron chi connectivity index (χ3n) is 8.17. The van der Waals surface area contributed by atoms with Gasteiger partial charge < -0.3 is 41.0 Å². The average Bonchev–Trinajstić information content (AvgIpc) is 3.69. The topological polar surface area (TPSA) is 213 Å². The van der Waals surface area contributed by atoms with E-state index in [1.807, 2.05) is 34.8 Å². The molecule has 262 valence electrons. The zero-order valence-electron chi connectivity index (χ0n) is 28.2. The van der Waals surface area contributed by atoms with Crippen molar-refractivity contribution in [3.63, 3.8) is 0 Å². The molecule has 0 radical (unpaired) electrons. The van der Waals surface area contributed by atoms with Gasteiger partial charge in [-0.2, -0.15) is 10.1 Å². The van der Waals surface area contributed by atoms with E-state index in [4.69, 9.17) is 35.9 Å². The van der Waals surface area contributed by atoms with E-state index in [9.17, 15) is 9.59 Å². The van der Waals surface area contributed by atoms with Crippen LogP contribution in [0.4, 0.5) is 11.8 Å². The number of aldehydes is 1. The highest BCUT2D eigenvalue weighted by atomic mass is 16.5. The Morgan fingerprint density at radius 1 is 1.08 bits per heavy atom. The van der Waals surface area contributed by atoms with Gasteiger partial charge in [-0.05, 0) is 55.3 Å². The lowest BCUT2D eigenvalue weighted by Crippen LogP contribution is -2.36. The molecule has 6 N–H and O–H groups in total. The van der Waals surface area contributed by atoms with Crippen LogP contribution in [-0.4, -0.2) is 94.6 Å². The molecular weight excluding hydrogens is 640 g/mol. The Hall–Kier alpha value is -5.51. The number of benzene rings is 2. The van der Waals surface area contributed by atoms with Gasteiger partial charge in [-0.15, -0.1) is 0 Å². The second-order valence-electron chi connectivity index (χ2n) is 11.5. The number of nitrogens with two attached hydrogens (primary N) is 2. The molecule has 5 aromatic rings. The summed E-state index contributed by atoms with van der Waals surface area (Å²) in [6.45, 7) is 6.34. The second kappa shape index (κ2) is 17.2. The molecule has 0 atom stereocenters. The van der Waals surface area contributed by atoms with E-state index in [-0.39, 0.29) is 11.9 Å². The Balaban J connectivity index is 0.000000630. The number of hydrogen-bond donors (Lipinski definition) is 4. The molecule has 2 aromatic carbocycles. The number of aromatic nitrogens is 5. The fourth-order valence-corrected chi connectivity index (χ4v) is 5.52. The Labute approximate surface area is 289 Å². The van der Waals surface area contributed by atoms with Crippen molar-refractivity contribution in [2.75, 3.05) is 58.0 Å². The number of anilines is 2. The summed E-state index contributed by atoms with van der Waals surface area (Å²) >= 11 is 0. The van der Waals surface area contributed by atoms with Crippen LogP contribution in [0.5, 0.6) is 0 Å². The molecule has 0 saturated heterocycles. The molecule has 50 heavy (non-hydrogen) atoms. The van der Waals surface area contributed by atoms with E-state index in [0.717, 1.165) is 35.9 Å². The molecule has 4 heterocycles. The Morgan fingerprint density at radius 2 is 1.90 bits per heavy atom. The standard InChI is InChI=1S/C30H35N9O4.C5H7NO/c1-33-8-11-42-13-12-41-10-7-25(40)38-9-6-20-14-19(2-3-22(20)17-38)16-39-29-26(28(31)34-18-35-29)27(37-39)21-4-5-24-23(15-21)36-30(32)43-24;1-2-5(3-6)4-7/h2-5,14-15,18,33H,6-13,16-17H2,1H3,(H2,32,36)(H2,31,34,35);2-4,6H,1H3/b;5-2+,6-3?. The van der Waals surface area contributed by atoms with Gasteiger partial charge in [0.2, 0.25) is 5.91 Å². The highest BCUT2D eigenvalue weighted by Gasteiger charge is 2.22. The number of oxazole rings is 1. The quantitative estimate of drug-likeness (QED) is 0.0576. The molecule has 15 heteroatoms. The highest BCUT2D eigenvalue weighted by molar-refractivity contribution is 6.00. The Bertz CT molecular complexity index is 1980. The summed E-state index contributed by atoms with van der Waals surface area (Å²) in [5.74, 6) is 0.453. The molecule has 15 nitrogen and oxygen atoms in total. The number of nitrogen functional groups attached to an aromatic ring is 2. The molecule has 0 aliphatic carbocycles. The van der Waals surface area contributed by atoms with E-state index in [0.29, 0.717) is 98.0 Å². The number of nitrogens with one attached hydrogen (secondary N) is 2. The first kappa shape index (κ1) is 35.8. The summed E-state index contributed by atoms with van der Waals surface area (Å²) in [6, 6.07) is 12.0. The monoisotopic (exact) mass is 682 g/mol. The zero-order chi connectivity index (χ0) is 35.5. The first-order chi connectivity index (χ1) is 24.3. The van der Waals surface area contributed by atoms with Gasteiger partial charge >= 0.3 is 0 Å². The fourth-order valence-electron chi connectivity index (χ4n) is 5.52. The number of nitrogens with zero attached hydrogens (tertiary/aromatic N) is 6. The number of likely N-dealkylation sites (N-methyl/N-ethyl adjacent to an activating group) is 1. The number of ether oxygens (including phenoxy) is 2. The lowest BCUT2D eigenvalue weighted by Gasteiger charge is -2.29. The molecule has 1 aliphatic rings. The second-order valence-corrected chi connectivity index (χ2v) is 11.5. The van der Waals surface area contributed by atoms with E-state index >= 15 is 0 Å². The van der Waals surface area contributed by atoms with Crippen molar-refractivity contribution >= 4 is 52.4 Å². The smallest absolute Gasteiger partial charge is 0.292 e. The van der Waals surface area contributed by atoms with Crippen molar-refractivity contribution < 1.29 is 23.5 Å². The predicted molar refractivity (Wildman–Crippen MR) is 191 cm³/mol. The normalized spacial score (nSPS) is 12.8. The number of rotatable bonds is 14. The first-order valence-electron chi connectivity index (χ1n) is 16.3. The number of amides is 1. The molecule has 0 fully saturated rings. The van der Waals surface area contributed by atoms with Gasteiger partial charge in [0.25, 0.3) is 6.01 Å². The minimum atomic E-state index is 0.102. The van der Waals surface area contributed by atoms with Crippen LogP contribution in [0, 0.1) is 5.41 Å². The van der Waals surface area contributed by atoms with Gasteiger partial charge in [-0.3, -0.25) is 9.59 Å². The summed E-state index contributed by atoms with van der Waals surface area (Å²) in [7, 11) is 1.88. The van der Waals surface area contributed by atoms with Crippen LogP contribution in [0.15, 0.2) is 58.8 Å². The molecular formula is C35H42N10O5. The molecule has 0 bridgehead atoms. The highest BCUT2D eigenvalue weighted by Crippen LogP contribution is 2.33. The van der Waals surface area contributed by atoms with Gasteiger partial charge in [-0.1, -0.05) is 24.3 Å². The Kier molecular flexibility index (Phi) is 12.3. The van der Waals surface area contributed by atoms with Crippen LogP contribution in [0.1, 0.15) is 30.0 Å². The van der Waals surface area contributed by atoms with Crippen LogP contribution >= 0.6 is 0 Å². The largest absolute Gasteiger partial charge is 0.424 e. The number of carbonyl (C=O) groups is 2. The first-order valence-corrected chi connectivity index (χ1v) is 16.3. The van der Waals surface area contributed by atoms with Crippen LogP contribution in [-0.2, 0) is 38.6 Å². The van der Waals surface area contributed by atoms with Crippen LogP contribution < -0.4 is 16.8 Å². The summed E-state index contributed by atoms with van der Waals surface area (Å²) < 4.78 is 18.3. The van der Waals surface area contributed by atoms with E-state index in [1.165, 1.54) is 11.9 Å². The third-order valence-corrected chi connectivity index (χ3v) is 8.17. The van der Waals surface area contributed by atoms with Crippen LogP contribution in [0.3, 0.4) is 0 Å². The van der Waals surface area contributed by atoms with Crippen LogP contribution in [0.25, 0.3) is 33.4 Å². The molecule has 3 aromatic heterocycles. The summed E-state index contributed by atoms with van der Waals surface area (Å²) in [6.07, 6.45) is 5.85. The molecule has 0 unspecified atom stereocenters. The lowest BCUT2D eigenvalue weighted by molar-refractivity contribution is -0.133. The molecule has 1 amide bonds. The summed E-state index contributed by atoms with van der Waals surface area (Å²) in [4.78, 5) is 37.4. The maximum Gasteiger partial charge on any atom is 0.292 e. The molecule has 0 saturated carbocycles. The van der Waals surface area contributed by atoms with Gasteiger partial charge in [0.1, 0.15) is 23.4 Å². The maximum absolute atomic E-state index is 12.8. The minimum absolute atomic E-state index is 0.102. The van der Waals surface area contributed by atoms with E-state index in [1.54, 1.807) is 13.0 Å². The third kappa shape index (κ3) is 8.74. The molecule has 1 aliphatic heterocycles. The summed E-state index contributed by atoms with van der Waals surface area (Å²) in [5, 5.41) is 15.1. The van der Waals surface area contributed by atoms with Gasteiger partial charge in [0, 0.05) is 37.0 Å². The van der Waals surface area contributed by atoms with E-state index < -0.39 is 0 Å². The SMILES string of the molecule is C/C=C(\C=N)C=O.CNCCOCCOCCC(=O)N1CCc2cc(Cn3nc(-c4ccc5oc(N)nc5c4)c4c(N)ncnc43)ccc2C1. The van der Waals surface area contributed by atoms with Crippen molar-refractivity contribution in [3.8, 4) is 11.3 Å². The van der Waals surface area contributed by atoms with Crippen molar-refractivity contribution in [2.24, 2.45) is 0 Å². The number of fused-ring (bicyclic) bond motifs is 3. The van der Waals surface area contributed by atoms with Gasteiger partial charge in [0.05, 0.1) is 44.8 Å². The van der Waals surface area contributed by atoms with Crippen molar-refractivity contribution in [1.29, 1.82) is 5.41 Å². The number of hydrogen-bond acceptors (Lipinski definition) is 13. The van der Waals surface area contributed by atoms with Crippen molar-refractivity contribution in [2.45, 2.75) is 32.9 Å². The average molecular weight is 683 g/mol. The lowest BCUT2D eigenvalue weighted by atomic mass is 9.97.